The first-order chi connectivity index (χ1) is 9.11. The van der Waals surface area contributed by atoms with Crippen LogP contribution in [0.2, 0.25) is 0 Å². The Labute approximate surface area is 110 Å². The van der Waals surface area contributed by atoms with E-state index in [2.05, 4.69) is 11.4 Å². The second kappa shape index (κ2) is 5.49. The fourth-order valence-corrected chi connectivity index (χ4v) is 1.84. The average Bonchev–Trinajstić information content (AvgIpc) is 2.41. The first-order valence-electron chi connectivity index (χ1n) is 5.79. The van der Waals surface area contributed by atoms with Crippen molar-refractivity contribution in [2.75, 3.05) is 5.32 Å². The second-order valence-corrected chi connectivity index (χ2v) is 4.21. The highest BCUT2D eigenvalue weighted by atomic mass is 19.2. The highest BCUT2D eigenvalue weighted by Crippen LogP contribution is 2.20. The lowest BCUT2D eigenvalue weighted by molar-refractivity contribution is 0.507. The number of nitrogens with one attached hydrogen (secondary N) is 1. The van der Waals surface area contributed by atoms with Crippen molar-refractivity contribution in [3.8, 4) is 6.07 Å². The van der Waals surface area contributed by atoms with Gasteiger partial charge in [0.15, 0.2) is 11.6 Å². The molecule has 0 aliphatic carbocycles. The van der Waals surface area contributed by atoms with Gasteiger partial charge in [0.25, 0.3) is 0 Å². The fourth-order valence-electron chi connectivity index (χ4n) is 1.84. The monoisotopic (exact) mass is 258 g/mol. The molecular weight excluding hydrogens is 246 g/mol. The van der Waals surface area contributed by atoms with E-state index in [1.165, 1.54) is 6.07 Å². The van der Waals surface area contributed by atoms with Crippen molar-refractivity contribution in [3.05, 3.63) is 64.7 Å². The van der Waals surface area contributed by atoms with Crippen LogP contribution in [0.5, 0.6) is 0 Å². The van der Waals surface area contributed by atoms with Crippen LogP contribution in [-0.2, 0) is 6.54 Å². The van der Waals surface area contributed by atoms with Crippen LogP contribution in [0.15, 0.2) is 36.4 Å². The van der Waals surface area contributed by atoms with E-state index < -0.39 is 11.6 Å². The Bertz CT molecular complexity index is 645. The van der Waals surface area contributed by atoms with Crippen molar-refractivity contribution in [2.24, 2.45) is 0 Å². The Morgan fingerprint density at radius 2 is 1.95 bits per heavy atom. The molecular formula is C15H12F2N2. The zero-order chi connectivity index (χ0) is 13.8. The first kappa shape index (κ1) is 13.0. The highest BCUT2D eigenvalue weighted by Gasteiger charge is 2.06. The molecule has 0 unspecified atom stereocenters. The third kappa shape index (κ3) is 2.89. The van der Waals surface area contributed by atoms with Crippen LogP contribution < -0.4 is 5.32 Å². The predicted molar refractivity (Wildman–Crippen MR) is 69.6 cm³/mol. The molecule has 1 N–H and O–H groups in total. The summed E-state index contributed by atoms with van der Waals surface area (Å²) in [5.41, 5.74) is 2.80. The normalized spacial score (nSPS) is 10.0. The van der Waals surface area contributed by atoms with Gasteiger partial charge < -0.3 is 5.32 Å². The Morgan fingerprint density at radius 1 is 1.16 bits per heavy atom. The number of nitriles is 1. The van der Waals surface area contributed by atoms with Gasteiger partial charge in [0.05, 0.1) is 11.3 Å². The van der Waals surface area contributed by atoms with Gasteiger partial charge in [0, 0.05) is 6.54 Å². The van der Waals surface area contributed by atoms with E-state index in [9.17, 15) is 8.78 Å². The fraction of sp³-hybridized carbons (Fsp3) is 0.133. The van der Waals surface area contributed by atoms with Gasteiger partial charge in [-0.2, -0.15) is 5.26 Å². The molecule has 2 aromatic carbocycles. The number of aryl methyl sites for hydroxylation is 1. The smallest absolute Gasteiger partial charge is 0.159 e. The average molecular weight is 258 g/mol. The molecule has 0 heterocycles. The summed E-state index contributed by atoms with van der Waals surface area (Å²) in [4.78, 5) is 0. The molecule has 0 amide bonds. The topological polar surface area (TPSA) is 35.8 Å². The van der Waals surface area contributed by atoms with Gasteiger partial charge in [-0.25, -0.2) is 8.78 Å². The number of benzene rings is 2. The third-order valence-electron chi connectivity index (χ3n) is 2.85. The molecule has 0 bridgehead atoms. The van der Waals surface area contributed by atoms with E-state index in [-0.39, 0.29) is 0 Å². The number of nitrogens with zero attached hydrogens (tertiary/aromatic N) is 1. The lowest BCUT2D eigenvalue weighted by Crippen LogP contribution is -2.03. The molecule has 2 nitrogen and oxygen atoms in total. The van der Waals surface area contributed by atoms with Crippen LogP contribution in [-0.4, -0.2) is 0 Å². The summed E-state index contributed by atoms with van der Waals surface area (Å²) in [6, 6.07) is 11.2. The van der Waals surface area contributed by atoms with Crippen molar-refractivity contribution in [1.82, 2.24) is 0 Å². The Balaban J connectivity index is 2.19. The number of hydrogen-bond acceptors (Lipinski definition) is 2. The summed E-state index contributed by atoms with van der Waals surface area (Å²) >= 11 is 0. The summed E-state index contributed by atoms with van der Waals surface area (Å²) in [5.74, 6) is -1.73. The van der Waals surface area contributed by atoms with Crippen LogP contribution in [0.1, 0.15) is 16.7 Å². The van der Waals surface area contributed by atoms with Gasteiger partial charge in [-0.3, -0.25) is 0 Å². The quantitative estimate of drug-likeness (QED) is 0.909. The van der Waals surface area contributed by atoms with Crippen molar-refractivity contribution in [1.29, 1.82) is 5.26 Å². The van der Waals surface area contributed by atoms with Gasteiger partial charge in [0.1, 0.15) is 6.07 Å². The van der Waals surface area contributed by atoms with E-state index in [0.29, 0.717) is 17.7 Å². The van der Waals surface area contributed by atoms with E-state index in [1.54, 1.807) is 12.1 Å². The molecule has 0 aromatic heterocycles. The van der Waals surface area contributed by atoms with E-state index in [0.717, 1.165) is 23.4 Å². The molecule has 0 atom stereocenters. The molecule has 96 valence electrons. The van der Waals surface area contributed by atoms with Gasteiger partial charge in [-0.15, -0.1) is 0 Å². The number of rotatable bonds is 3. The highest BCUT2D eigenvalue weighted by molar-refractivity contribution is 5.62. The first-order valence-corrected chi connectivity index (χ1v) is 5.79. The van der Waals surface area contributed by atoms with E-state index in [1.807, 2.05) is 13.0 Å². The van der Waals surface area contributed by atoms with E-state index >= 15 is 0 Å². The zero-order valence-electron chi connectivity index (χ0n) is 10.4. The maximum atomic E-state index is 13.1. The minimum atomic E-state index is -0.871. The molecule has 0 saturated heterocycles. The molecule has 2 aromatic rings. The minimum absolute atomic E-state index is 0.330. The Morgan fingerprint density at radius 3 is 2.63 bits per heavy atom. The van der Waals surface area contributed by atoms with Crippen LogP contribution in [0.3, 0.4) is 0 Å². The molecule has 0 fully saturated rings. The molecule has 0 saturated carbocycles. The summed E-state index contributed by atoms with van der Waals surface area (Å²) < 4.78 is 25.9. The van der Waals surface area contributed by atoms with Crippen molar-refractivity contribution < 1.29 is 8.78 Å². The lowest BCUT2D eigenvalue weighted by Gasteiger charge is -2.11. The standard InChI is InChI=1S/C15H12F2N2/c1-10-3-2-4-12(8-18)15(10)19-9-11-5-6-13(16)14(17)7-11/h2-7,19H,9H2,1H3. The van der Waals surface area contributed by atoms with Crippen molar-refractivity contribution >= 4 is 5.69 Å². The number of anilines is 1. The van der Waals surface area contributed by atoms with Crippen LogP contribution in [0.4, 0.5) is 14.5 Å². The van der Waals surface area contributed by atoms with Crippen molar-refractivity contribution in [3.63, 3.8) is 0 Å². The molecule has 0 spiro atoms. The Kier molecular flexibility index (Phi) is 3.76. The summed E-state index contributed by atoms with van der Waals surface area (Å²) in [6.07, 6.45) is 0. The van der Waals surface area contributed by atoms with Crippen LogP contribution >= 0.6 is 0 Å². The SMILES string of the molecule is Cc1cccc(C#N)c1NCc1ccc(F)c(F)c1. The molecule has 4 heteroatoms. The maximum Gasteiger partial charge on any atom is 0.159 e. The number of hydrogen-bond donors (Lipinski definition) is 1. The lowest BCUT2D eigenvalue weighted by atomic mass is 10.1. The summed E-state index contributed by atoms with van der Waals surface area (Å²) in [7, 11) is 0. The predicted octanol–water partition coefficient (Wildman–Crippen LogP) is 3.76. The molecule has 0 aliphatic heterocycles. The Hall–Kier alpha value is -2.41. The van der Waals surface area contributed by atoms with Gasteiger partial charge in [-0.1, -0.05) is 18.2 Å². The molecule has 0 radical (unpaired) electrons. The maximum absolute atomic E-state index is 13.1. The molecule has 19 heavy (non-hydrogen) atoms. The molecule has 2 rings (SSSR count). The van der Waals surface area contributed by atoms with Gasteiger partial charge in [0.2, 0.25) is 0 Å². The summed E-state index contributed by atoms with van der Waals surface area (Å²) in [6.45, 7) is 2.21. The van der Waals surface area contributed by atoms with Crippen LogP contribution in [0.25, 0.3) is 0 Å². The van der Waals surface area contributed by atoms with Crippen LogP contribution in [0, 0.1) is 29.9 Å². The molecule has 0 aliphatic rings. The van der Waals surface area contributed by atoms with Gasteiger partial charge >= 0.3 is 0 Å². The number of halogens is 2. The van der Waals surface area contributed by atoms with Crippen molar-refractivity contribution in [2.45, 2.75) is 13.5 Å². The largest absolute Gasteiger partial charge is 0.380 e. The van der Waals surface area contributed by atoms with Gasteiger partial charge in [-0.05, 0) is 36.2 Å². The van der Waals surface area contributed by atoms with E-state index in [4.69, 9.17) is 5.26 Å². The second-order valence-electron chi connectivity index (χ2n) is 4.21. The summed E-state index contributed by atoms with van der Waals surface area (Å²) in [5, 5.41) is 12.1. The number of para-hydroxylation sites is 1. The third-order valence-corrected chi connectivity index (χ3v) is 2.85. The minimum Gasteiger partial charge on any atom is -0.380 e. The zero-order valence-corrected chi connectivity index (χ0v) is 10.4.